The molecule has 136 valence electrons. The molecular formula is C20H32O4. The molecule has 0 saturated heterocycles. The van der Waals surface area contributed by atoms with Gasteiger partial charge >= 0.3 is 0 Å². The maximum Gasteiger partial charge on any atom is 0.123 e. The van der Waals surface area contributed by atoms with Gasteiger partial charge in [0, 0.05) is 11.8 Å². The van der Waals surface area contributed by atoms with E-state index in [0.717, 1.165) is 44.8 Å². The number of aldehydes is 1. The summed E-state index contributed by atoms with van der Waals surface area (Å²) in [6.45, 7) is 4.50. The van der Waals surface area contributed by atoms with Crippen LogP contribution in [0.1, 0.15) is 58.8 Å². The molecule has 0 spiro atoms. The van der Waals surface area contributed by atoms with Gasteiger partial charge < -0.3 is 20.1 Å². The second kappa shape index (κ2) is 5.52. The summed E-state index contributed by atoms with van der Waals surface area (Å²) in [5, 5.41) is 31.4. The van der Waals surface area contributed by atoms with Crippen LogP contribution in [0.3, 0.4) is 0 Å². The molecule has 4 aliphatic carbocycles. The smallest absolute Gasteiger partial charge is 0.123 e. The summed E-state index contributed by atoms with van der Waals surface area (Å²) in [5.41, 5.74) is -0.0629. The first-order valence-electron chi connectivity index (χ1n) is 9.82. The Morgan fingerprint density at radius 2 is 1.58 bits per heavy atom. The predicted octanol–water partition coefficient (Wildman–Crippen LogP) is 2.15. The van der Waals surface area contributed by atoms with Crippen molar-refractivity contribution in [3.05, 3.63) is 0 Å². The van der Waals surface area contributed by atoms with E-state index >= 15 is 0 Å². The van der Waals surface area contributed by atoms with Crippen LogP contribution in [0.25, 0.3) is 0 Å². The Bertz CT molecular complexity index is 522. The van der Waals surface area contributed by atoms with E-state index in [1.165, 1.54) is 0 Å². The number of aliphatic hydroxyl groups is 3. The molecule has 0 aromatic heterocycles. The van der Waals surface area contributed by atoms with E-state index in [-0.39, 0.29) is 28.8 Å². The summed E-state index contributed by atoms with van der Waals surface area (Å²) in [7, 11) is 0. The molecule has 4 rings (SSSR count). The molecule has 3 N–H and O–H groups in total. The molecule has 0 radical (unpaired) electrons. The molecule has 0 heterocycles. The molecule has 4 fully saturated rings. The molecule has 4 heteroatoms. The number of carbonyl (C=O) groups excluding carboxylic acids is 1. The van der Waals surface area contributed by atoms with Crippen LogP contribution in [-0.4, -0.2) is 39.9 Å². The number of aliphatic hydroxyl groups excluding tert-OH is 3. The Morgan fingerprint density at radius 1 is 0.917 bits per heavy atom. The van der Waals surface area contributed by atoms with Gasteiger partial charge in [0.25, 0.3) is 0 Å². The lowest BCUT2D eigenvalue weighted by Crippen LogP contribution is -2.61. The summed E-state index contributed by atoms with van der Waals surface area (Å²) < 4.78 is 0. The van der Waals surface area contributed by atoms with E-state index in [9.17, 15) is 20.1 Å². The van der Waals surface area contributed by atoms with Crippen molar-refractivity contribution in [2.75, 3.05) is 0 Å². The van der Waals surface area contributed by atoms with Crippen molar-refractivity contribution >= 4 is 6.29 Å². The van der Waals surface area contributed by atoms with Gasteiger partial charge in [-0.1, -0.05) is 13.8 Å². The zero-order chi connectivity index (χ0) is 17.3. The van der Waals surface area contributed by atoms with Gasteiger partial charge in [-0.2, -0.15) is 0 Å². The third-order valence-electron chi connectivity index (χ3n) is 8.92. The van der Waals surface area contributed by atoms with Crippen molar-refractivity contribution in [1.82, 2.24) is 0 Å². The average Bonchev–Trinajstić information content (AvgIpc) is 2.86. The Morgan fingerprint density at radius 3 is 2.29 bits per heavy atom. The van der Waals surface area contributed by atoms with Gasteiger partial charge in [0.15, 0.2) is 0 Å². The summed E-state index contributed by atoms with van der Waals surface area (Å²) in [5.74, 6) is 1.19. The Kier molecular flexibility index (Phi) is 3.91. The maximum absolute atomic E-state index is 11.9. The highest BCUT2D eigenvalue weighted by Crippen LogP contribution is 2.67. The van der Waals surface area contributed by atoms with E-state index in [0.29, 0.717) is 24.2 Å². The SMILES string of the molecule is C[C@]12CC[C@H](O)C(O)[C@@H]1C(C=O)C[C@@H]1[C@@H]2CC[C@]2(C)[C@@H](O)CC[C@@H]12. The van der Waals surface area contributed by atoms with Crippen LogP contribution in [0.4, 0.5) is 0 Å². The maximum atomic E-state index is 11.9. The first-order valence-corrected chi connectivity index (χ1v) is 9.82. The second-order valence-corrected chi connectivity index (χ2v) is 9.68. The lowest BCUT2D eigenvalue weighted by atomic mass is 9.42. The molecule has 0 amide bonds. The van der Waals surface area contributed by atoms with Gasteiger partial charge in [-0.15, -0.1) is 0 Å². The zero-order valence-electron chi connectivity index (χ0n) is 14.9. The highest BCUT2D eigenvalue weighted by molar-refractivity contribution is 5.55. The van der Waals surface area contributed by atoms with E-state index in [4.69, 9.17) is 0 Å². The third kappa shape index (κ3) is 2.05. The molecular weight excluding hydrogens is 304 g/mol. The standard InChI is InChI=1S/C20H32O4/c1-19-7-5-14-12(13(19)3-4-16(19)23)9-11(10-21)17-18(24)15(22)6-8-20(14,17)2/h10-18,22-24H,3-9H2,1-2H3/t11?,12-,13-,14-,15-,16-,17-,18?,19-,20+/m0/s1. The highest BCUT2D eigenvalue weighted by atomic mass is 16.3. The fourth-order valence-corrected chi connectivity index (χ4v) is 7.61. The van der Waals surface area contributed by atoms with Crippen LogP contribution in [0.5, 0.6) is 0 Å². The highest BCUT2D eigenvalue weighted by Gasteiger charge is 2.63. The van der Waals surface area contributed by atoms with Crippen molar-refractivity contribution in [3.63, 3.8) is 0 Å². The average molecular weight is 336 g/mol. The quantitative estimate of drug-likeness (QED) is 0.641. The molecule has 10 atom stereocenters. The van der Waals surface area contributed by atoms with Gasteiger partial charge in [0.1, 0.15) is 6.29 Å². The minimum absolute atomic E-state index is 0.00456. The molecule has 0 aromatic rings. The second-order valence-electron chi connectivity index (χ2n) is 9.68. The number of hydrogen-bond donors (Lipinski definition) is 3. The molecule has 24 heavy (non-hydrogen) atoms. The van der Waals surface area contributed by atoms with Gasteiger partial charge in [-0.25, -0.2) is 0 Å². The van der Waals surface area contributed by atoms with Gasteiger partial charge in [0.2, 0.25) is 0 Å². The minimum Gasteiger partial charge on any atom is -0.393 e. The lowest BCUT2D eigenvalue weighted by Gasteiger charge is -2.63. The molecule has 4 aliphatic rings. The summed E-state index contributed by atoms with van der Waals surface area (Å²) in [4.78, 5) is 11.9. The number of carbonyl (C=O) groups is 1. The van der Waals surface area contributed by atoms with E-state index in [1.54, 1.807) is 0 Å². The number of hydrogen-bond acceptors (Lipinski definition) is 4. The molecule has 2 unspecified atom stereocenters. The summed E-state index contributed by atoms with van der Waals surface area (Å²) in [6.07, 6.45) is 5.80. The Balaban J connectivity index is 1.71. The van der Waals surface area contributed by atoms with Crippen molar-refractivity contribution in [2.24, 2.45) is 40.4 Å². The van der Waals surface area contributed by atoms with Crippen LogP contribution in [0, 0.1) is 40.4 Å². The van der Waals surface area contributed by atoms with Crippen LogP contribution in [-0.2, 0) is 4.79 Å². The zero-order valence-corrected chi connectivity index (χ0v) is 14.9. The van der Waals surface area contributed by atoms with Crippen LogP contribution in [0.15, 0.2) is 0 Å². The van der Waals surface area contributed by atoms with Gasteiger partial charge in [-0.05, 0) is 73.5 Å². The van der Waals surface area contributed by atoms with Crippen molar-refractivity contribution in [2.45, 2.75) is 77.1 Å². The van der Waals surface area contributed by atoms with Crippen LogP contribution >= 0.6 is 0 Å². The number of rotatable bonds is 1. The van der Waals surface area contributed by atoms with Crippen LogP contribution < -0.4 is 0 Å². The van der Waals surface area contributed by atoms with Gasteiger partial charge in [0.05, 0.1) is 18.3 Å². The third-order valence-corrected chi connectivity index (χ3v) is 8.92. The predicted molar refractivity (Wildman–Crippen MR) is 90.1 cm³/mol. The summed E-state index contributed by atoms with van der Waals surface area (Å²) >= 11 is 0. The van der Waals surface area contributed by atoms with E-state index < -0.39 is 12.2 Å². The first kappa shape index (κ1) is 17.0. The van der Waals surface area contributed by atoms with Crippen LogP contribution in [0.2, 0.25) is 0 Å². The van der Waals surface area contributed by atoms with Crippen molar-refractivity contribution in [3.8, 4) is 0 Å². The Hall–Kier alpha value is -0.450. The topological polar surface area (TPSA) is 77.8 Å². The lowest BCUT2D eigenvalue weighted by molar-refractivity contribution is -0.195. The summed E-state index contributed by atoms with van der Waals surface area (Å²) in [6, 6.07) is 0. The molecule has 0 bridgehead atoms. The van der Waals surface area contributed by atoms with Gasteiger partial charge in [-0.3, -0.25) is 0 Å². The molecule has 4 nitrogen and oxygen atoms in total. The van der Waals surface area contributed by atoms with Crippen molar-refractivity contribution < 1.29 is 20.1 Å². The monoisotopic (exact) mass is 336 g/mol. The van der Waals surface area contributed by atoms with Crippen molar-refractivity contribution in [1.29, 1.82) is 0 Å². The fraction of sp³-hybridized carbons (Fsp3) is 0.950. The number of fused-ring (bicyclic) bond motifs is 5. The largest absolute Gasteiger partial charge is 0.393 e. The molecule has 4 saturated carbocycles. The normalized spacial score (nSPS) is 60.0. The van der Waals surface area contributed by atoms with E-state index in [2.05, 4.69) is 13.8 Å². The first-order chi connectivity index (χ1) is 11.3. The Labute approximate surface area is 144 Å². The minimum atomic E-state index is -0.776. The fourth-order valence-electron chi connectivity index (χ4n) is 7.61. The molecule has 0 aliphatic heterocycles. The molecule has 0 aromatic carbocycles. The van der Waals surface area contributed by atoms with E-state index in [1.807, 2.05) is 0 Å².